The van der Waals surface area contributed by atoms with E-state index >= 15 is 0 Å². The molecule has 0 aliphatic carbocycles. The number of sulfonamides is 1. The van der Waals surface area contributed by atoms with Gasteiger partial charge in [-0.2, -0.15) is 0 Å². The number of rotatable bonds is 4. The average molecular weight is 429 g/mol. The Kier molecular flexibility index (Phi) is 4.77. The summed E-state index contributed by atoms with van der Waals surface area (Å²) in [6, 6.07) is 6.70. The number of hydrogen-bond donors (Lipinski definition) is 2. The Morgan fingerprint density at radius 2 is 2.00 bits per heavy atom. The Balaban J connectivity index is 1.79. The van der Waals surface area contributed by atoms with Crippen LogP contribution in [0.3, 0.4) is 0 Å². The van der Waals surface area contributed by atoms with E-state index in [0.29, 0.717) is 27.9 Å². The summed E-state index contributed by atoms with van der Waals surface area (Å²) in [6.07, 6.45) is 4.76. The van der Waals surface area contributed by atoms with Crippen LogP contribution in [0.25, 0.3) is 28.2 Å². The fourth-order valence-corrected chi connectivity index (χ4v) is 4.65. The summed E-state index contributed by atoms with van der Waals surface area (Å²) in [6.45, 7) is 1.71. The molecule has 0 saturated carbocycles. The molecule has 2 amide bonds. The van der Waals surface area contributed by atoms with Crippen molar-refractivity contribution in [1.82, 2.24) is 15.0 Å². The number of thioether (sulfide) groups is 1. The summed E-state index contributed by atoms with van der Waals surface area (Å²) in [5, 5.41) is 2.49. The third kappa shape index (κ3) is 3.57. The molecule has 1 aliphatic rings. The second-order valence-electron chi connectivity index (χ2n) is 6.29. The van der Waals surface area contributed by atoms with Gasteiger partial charge in [0.15, 0.2) is 0 Å². The van der Waals surface area contributed by atoms with E-state index in [1.807, 2.05) is 0 Å². The molecule has 3 heterocycles. The molecule has 0 bridgehead atoms. The molecule has 1 saturated heterocycles. The summed E-state index contributed by atoms with van der Waals surface area (Å²) in [4.78, 5) is 27.7. The summed E-state index contributed by atoms with van der Waals surface area (Å²) in [5.41, 5.74) is 2.56. The molecule has 0 spiro atoms. The Morgan fingerprint density at radius 1 is 1.21 bits per heavy atom. The second-order valence-corrected chi connectivity index (χ2v) is 9.16. The van der Waals surface area contributed by atoms with Gasteiger partial charge in [0.05, 0.1) is 9.80 Å². The normalized spacial score (nSPS) is 16.0. The zero-order valence-corrected chi connectivity index (χ0v) is 17.0. The average Bonchev–Trinajstić information content (AvgIpc) is 3.23. The lowest BCUT2D eigenvalue weighted by atomic mass is 10.0. The molecule has 1 aliphatic heterocycles. The fourth-order valence-electron chi connectivity index (χ4n) is 3.04. The van der Waals surface area contributed by atoms with Gasteiger partial charge in [0, 0.05) is 29.4 Å². The van der Waals surface area contributed by atoms with E-state index in [9.17, 15) is 18.0 Å². The number of carbonyl (C=O) groups is 2. The van der Waals surface area contributed by atoms with Crippen LogP contribution in [-0.2, 0) is 14.8 Å². The zero-order chi connectivity index (χ0) is 20.8. The van der Waals surface area contributed by atoms with Gasteiger partial charge in [-0.05, 0) is 55.1 Å². The molecule has 10 heteroatoms. The fraction of sp³-hybridized carbons (Fsp3) is 0.105. The van der Waals surface area contributed by atoms with Crippen molar-refractivity contribution in [3.63, 3.8) is 0 Å². The number of imide groups is 1. The predicted octanol–water partition coefficient (Wildman–Crippen LogP) is 3.04. The van der Waals surface area contributed by atoms with Crippen molar-refractivity contribution in [3.8, 4) is 11.1 Å². The lowest BCUT2D eigenvalue weighted by molar-refractivity contribution is -0.115. The van der Waals surface area contributed by atoms with E-state index in [0.717, 1.165) is 17.3 Å². The molecular weight excluding hydrogens is 414 g/mol. The molecule has 1 aromatic carbocycles. The van der Waals surface area contributed by atoms with E-state index in [2.05, 4.69) is 15.0 Å². The van der Waals surface area contributed by atoms with Gasteiger partial charge in [-0.15, -0.1) is 0 Å². The molecular formula is C19H15N3O5S2. The van der Waals surface area contributed by atoms with E-state index in [1.165, 1.54) is 19.2 Å². The minimum Gasteiger partial charge on any atom is -0.456 e. The van der Waals surface area contributed by atoms with Crippen molar-refractivity contribution >= 4 is 50.0 Å². The van der Waals surface area contributed by atoms with Crippen molar-refractivity contribution in [3.05, 3.63) is 52.9 Å². The number of carbonyl (C=O) groups excluding carboxylic acids is 2. The highest BCUT2D eigenvalue weighted by Gasteiger charge is 2.25. The number of nitrogens with zero attached hydrogens (tertiary/aromatic N) is 1. The minimum absolute atomic E-state index is 0.197. The Labute approximate surface area is 170 Å². The number of aryl methyl sites for hydroxylation is 1. The Bertz CT molecular complexity index is 1310. The standard InChI is InChI=1S/C19H15N3O5S2/c1-10-5-11(3-4-16(10)29(25,26)20-2)14-9-21-8-12-6-13(27-17(12)14)7-15-18(23)22-19(24)28-15/h3-9,20H,1-2H3,(H,22,23,24)/b15-7+. The van der Waals surface area contributed by atoms with Gasteiger partial charge >= 0.3 is 0 Å². The predicted molar refractivity (Wildman–Crippen MR) is 110 cm³/mol. The van der Waals surface area contributed by atoms with Crippen LogP contribution in [0.5, 0.6) is 0 Å². The molecule has 0 radical (unpaired) electrons. The van der Waals surface area contributed by atoms with Crippen molar-refractivity contribution in [1.29, 1.82) is 0 Å². The molecule has 3 aromatic rings. The minimum atomic E-state index is -3.55. The highest BCUT2D eigenvalue weighted by atomic mass is 32.2. The second kappa shape index (κ2) is 7.14. The monoisotopic (exact) mass is 429 g/mol. The lowest BCUT2D eigenvalue weighted by Crippen LogP contribution is -2.19. The van der Waals surface area contributed by atoms with Crippen LogP contribution in [0.2, 0.25) is 0 Å². The van der Waals surface area contributed by atoms with Gasteiger partial charge < -0.3 is 4.42 Å². The first-order valence-corrected chi connectivity index (χ1v) is 10.8. The third-order valence-electron chi connectivity index (χ3n) is 4.40. The number of benzene rings is 1. The molecule has 148 valence electrons. The highest BCUT2D eigenvalue weighted by Crippen LogP contribution is 2.33. The van der Waals surface area contributed by atoms with Crippen molar-refractivity contribution in [2.24, 2.45) is 0 Å². The summed E-state index contributed by atoms with van der Waals surface area (Å²) in [5.74, 6) is -0.0523. The maximum absolute atomic E-state index is 12.1. The van der Waals surface area contributed by atoms with Gasteiger partial charge in [-0.1, -0.05) is 6.07 Å². The number of nitrogens with one attached hydrogen (secondary N) is 2. The third-order valence-corrected chi connectivity index (χ3v) is 6.79. The van der Waals surface area contributed by atoms with Crippen LogP contribution in [0.15, 0.2) is 50.9 Å². The van der Waals surface area contributed by atoms with Crippen molar-refractivity contribution < 1.29 is 22.4 Å². The van der Waals surface area contributed by atoms with Gasteiger partial charge in [-0.3, -0.25) is 19.9 Å². The number of aromatic nitrogens is 1. The summed E-state index contributed by atoms with van der Waals surface area (Å²) >= 11 is 0.810. The van der Waals surface area contributed by atoms with E-state index in [-0.39, 0.29) is 9.80 Å². The van der Waals surface area contributed by atoms with Gasteiger partial charge in [0.25, 0.3) is 11.1 Å². The van der Waals surface area contributed by atoms with Crippen LogP contribution in [-0.4, -0.2) is 31.6 Å². The maximum atomic E-state index is 12.1. The van der Waals surface area contributed by atoms with Crippen molar-refractivity contribution in [2.45, 2.75) is 11.8 Å². The molecule has 0 atom stereocenters. The molecule has 8 nitrogen and oxygen atoms in total. The summed E-state index contributed by atoms with van der Waals surface area (Å²) < 4.78 is 32.4. The number of amides is 2. The maximum Gasteiger partial charge on any atom is 0.290 e. The first-order chi connectivity index (χ1) is 13.8. The number of furan rings is 1. The molecule has 4 rings (SSSR count). The zero-order valence-electron chi connectivity index (χ0n) is 15.3. The largest absolute Gasteiger partial charge is 0.456 e. The van der Waals surface area contributed by atoms with Crippen LogP contribution in [0.4, 0.5) is 4.79 Å². The molecule has 1 fully saturated rings. The highest BCUT2D eigenvalue weighted by molar-refractivity contribution is 8.18. The topological polar surface area (TPSA) is 118 Å². The lowest BCUT2D eigenvalue weighted by Gasteiger charge is -2.09. The van der Waals surface area contributed by atoms with Gasteiger partial charge in [-0.25, -0.2) is 13.1 Å². The smallest absolute Gasteiger partial charge is 0.290 e. The number of fused-ring (bicyclic) bond motifs is 1. The van der Waals surface area contributed by atoms with Crippen LogP contribution in [0, 0.1) is 6.92 Å². The first-order valence-electron chi connectivity index (χ1n) is 8.45. The first kappa shape index (κ1) is 19.4. The SMILES string of the molecule is CNS(=O)(=O)c1ccc(-c2cncc3cc(/C=C4/SC(=O)NC4=O)oc23)cc1C. The van der Waals surface area contributed by atoms with Crippen molar-refractivity contribution in [2.75, 3.05) is 7.05 Å². The van der Waals surface area contributed by atoms with Crippen LogP contribution >= 0.6 is 11.8 Å². The molecule has 0 unspecified atom stereocenters. The number of hydrogen-bond acceptors (Lipinski definition) is 7. The van der Waals surface area contributed by atoms with E-state index in [1.54, 1.807) is 37.5 Å². The van der Waals surface area contributed by atoms with E-state index < -0.39 is 21.2 Å². The molecule has 2 N–H and O–H groups in total. The summed E-state index contributed by atoms with van der Waals surface area (Å²) in [7, 11) is -2.19. The van der Waals surface area contributed by atoms with Gasteiger partial charge in [0.1, 0.15) is 11.3 Å². The Hall–Kier alpha value is -2.95. The Morgan fingerprint density at radius 3 is 2.66 bits per heavy atom. The quantitative estimate of drug-likeness (QED) is 0.612. The molecule has 2 aromatic heterocycles. The molecule has 29 heavy (non-hydrogen) atoms. The van der Waals surface area contributed by atoms with Gasteiger partial charge in [0.2, 0.25) is 10.0 Å². The van der Waals surface area contributed by atoms with Crippen LogP contribution in [0.1, 0.15) is 11.3 Å². The number of pyridine rings is 1. The van der Waals surface area contributed by atoms with E-state index in [4.69, 9.17) is 4.42 Å². The van der Waals surface area contributed by atoms with Crippen LogP contribution < -0.4 is 10.0 Å².